The zero-order valence-electron chi connectivity index (χ0n) is 10.2. The Hall–Kier alpha value is -1.39. The molecule has 3 N–H and O–H groups in total. The third-order valence-electron chi connectivity index (χ3n) is 2.52. The summed E-state index contributed by atoms with van der Waals surface area (Å²) < 4.78 is 4.97. The number of benzene rings is 1. The first kappa shape index (κ1) is 13.7. The number of primary amides is 1. The molecule has 0 saturated carbocycles. The topological polar surface area (TPSA) is 64.3 Å². The van der Waals surface area contributed by atoms with Gasteiger partial charge in [-0.2, -0.15) is 0 Å². The molecule has 0 fully saturated rings. The molecule has 0 bridgehead atoms. The molecule has 17 heavy (non-hydrogen) atoms. The van der Waals surface area contributed by atoms with Crippen LogP contribution in [0, 0.1) is 0 Å². The van der Waals surface area contributed by atoms with Crippen LogP contribution >= 0.6 is 0 Å². The predicted octanol–water partition coefficient (Wildman–Crippen LogP) is 1.30. The number of nitrogens with one attached hydrogen (secondary N) is 1. The summed E-state index contributed by atoms with van der Waals surface area (Å²) in [5, 5.41) is 3.34. The normalized spacial score (nSPS) is 10.4. The molecule has 1 aromatic rings. The molecule has 0 aliphatic heterocycles. The van der Waals surface area contributed by atoms with Crippen molar-refractivity contribution in [3.05, 3.63) is 35.4 Å². The van der Waals surface area contributed by atoms with Crippen LogP contribution in [0.1, 0.15) is 28.8 Å². The minimum atomic E-state index is -0.385. The number of hydrogen-bond acceptors (Lipinski definition) is 3. The van der Waals surface area contributed by atoms with E-state index in [1.54, 1.807) is 19.2 Å². The second kappa shape index (κ2) is 7.81. The standard InChI is InChI=1S/C13H20N2O2/c1-17-9-3-2-8-15-10-11-4-6-12(7-5-11)13(14)16/h4-7,15H,2-3,8-10H2,1H3,(H2,14,16). The maximum absolute atomic E-state index is 10.9. The number of methoxy groups -OCH3 is 1. The molecule has 94 valence electrons. The molecule has 1 rings (SSSR count). The van der Waals surface area contributed by atoms with Crippen LogP contribution < -0.4 is 11.1 Å². The van der Waals surface area contributed by atoms with Gasteiger partial charge in [-0.3, -0.25) is 4.79 Å². The molecule has 0 aliphatic rings. The predicted molar refractivity (Wildman–Crippen MR) is 67.8 cm³/mol. The van der Waals surface area contributed by atoms with Crippen LogP contribution in [-0.4, -0.2) is 26.2 Å². The Labute approximate surface area is 102 Å². The Morgan fingerprint density at radius 1 is 1.29 bits per heavy atom. The first-order chi connectivity index (χ1) is 8.24. The number of carbonyl (C=O) groups is 1. The summed E-state index contributed by atoms with van der Waals surface area (Å²) in [7, 11) is 1.72. The molecule has 0 atom stereocenters. The van der Waals surface area contributed by atoms with Crippen LogP contribution in [0.25, 0.3) is 0 Å². The largest absolute Gasteiger partial charge is 0.385 e. The van der Waals surface area contributed by atoms with E-state index in [0.29, 0.717) is 5.56 Å². The molecule has 1 aromatic carbocycles. The van der Waals surface area contributed by atoms with E-state index in [0.717, 1.165) is 38.1 Å². The van der Waals surface area contributed by atoms with Crippen molar-refractivity contribution in [1.82, 2.24) is 5.32 Å². The fourth-order valence-corrected chi connectivity index (χ4v) is 1.52. The molecule has 0 radical (unpaired) electrons. The van der Waals surface area contributed by atoms with Gasteiger partial charge in [0.1, 0.15) is 0 Å². The van der Waals surface area contributed by atoms with Crippen molar-refractivity contribution < 1.29 is 9.53 Å². The molecule has 1 amide bonds. The van der Waals surface area contributed by atoms with Crippen LogP contribution in [0.2, 0.25) is 0 Å². The van der Waals surface area contributed by atoms with Gasteiger partial charge < -0.3 is 15.8 Å². The summed E-state index contributed by atoms with van der Waals surface area (Å²) in [5.41, 5.74) is 6.87. The third kappa shape index (κ3) is 5.47. The van der Waals surface area contributed by atoms with Gasteiger partial charge in [-0.1, -0.05) is 12.1 Å². The molecular weight excluding hydrogens is 216 g/mol. The van der Waals surface area contributed by atoms with Gasteiger partial charge in [-0.15, -0.1) is 0 Å². The van der Waals surface area contributed by atoms with E-state index in [1.807, 2.05) is 12.1 Å². The highest BCUT2D eigenvalue weighted by molar-refractivity contribution is 5.92. The highest BCUT2D eigenvalue weighted by atomic mass is 16.5. The number of amides is 1. The molecule has 4 nitrogen and oxygen atoms in total. The first-order valence-corrected chi connectivity index (χ1v) is 5.82. The van der Waals surface area contributed by atoms with Gasteiger partial charge >= 0.3 is 0 Å². The second-order valence-corrected chi connectivity index (χ2v) is 3.94. The van der Waals surface area contributed by atoms with Crippen LogP contribution in [0.4, 0.5) is 0 Å². The van der Waals surface area contributed by atoms with Crippen molar-refractivity contribution in [2.75, 3.05) is 20.3 Å². The molecule has 0 aliphatic carbocycles. The van der Waals surface area contributed by atoms with Gasteiger partial charge in [-0.05, 0) is 37.1 Å². The number of unbranched alkanes of at least 4 members (excludes halogenated alkanes) is 1. The fourth-order valence-electron chi connectivity index (χ4n) is 1.52. The number of nitrogens with two attached hydrogens (primary N) is 1. The molecule has 4 heteroatoms. The van der Waals surface area contributed by atoms with Gasteiger partial charge in [0.25, 0.3) is 0 Å². The summed E-state index contributed by atoms with van der Waals surface area (Å²) >= 11 is 0. The second-order valence-electron chi connectivity index (χ2n) is 3.94. The lowest BCUT2D eigenvalue weighted by atomic mass is 10.1. The van der Waals surface area contributed by atoms with E-state index in [-0.39, 0.29) is 5.91 Å². The average molecular weight is 236 g/mol. The Kier molecular flexibility index (Phi) is 6.29. The first-order valence-electron chi connectivity index (χ1n) is 5.82. The van der Waals surface area contributed by atoms with E-state index in [9.17, 15) is 4.79 Å². The molecular formula is C13H20N2O2. The molecule has 0 spiro atoms. The molecule has 0 aromatic heterocycles. The summed E-state index contributed by atoms with van der Waals surface area (Å²) in [5.74, 6) is -0.385. The van der Waals surface area contributed by atoms with Gasteiger partial charge in [0.15, 0.2) is 0 Å². The molecule has 0 saturated heterocycles. The Morgan fingerprint density at radius 3 is 2.59 bits per heavy atom. The van der Waals surface area contributed by atoms with Gasteiger partial charge in [-0.25, -0.2) is 0 Å². The quantitative estimate of drug-likeness (QED) is 0.669. The zero-order valence-corrected chi connectivity index (χ0v) is 10.2. The van der Waals surface area contributed by atoms with Crippen molar-refractivity contribution in [2.45, 2.75) is 19.4 Å². The lowest BCUT2D eigenvalue weighted by Gasteiger charge is -2.05. The Bertz CT molecular complexity index is 336. The maximum atomic E-state index is 10.9. The minimum absolute atomic E-state index is 0.385. The van der Waals surface area contributed by atoms with Crippen LogP contribution in [0.5, 0.6) is 0 Å². The lowest BCUT2D eigenvalue weighted by Crippen LogP contribution is -2.15. The van der Waals surface area contributed by atoms with Crippen molar-refractivity contribution in [3.63, 3.8) is 0 Å². The van der Waals surface area contributed by atoms with E-state index >= 15 is 0 Å². The van der Waals surface area contributed by atoms with Gasteiger partial charge in [0, 0.05) is 25.8 Å². The lowest BCUT2D eigenvalue weighted by molar-refractivity contribution is 0.100. The number of rotatable bonds is 8. The van der Waals surface area contributed by atoms with Gasteiger partial charge in [0.2, 0.25) is 5.91 Å². The molecule has 0 heterocycles. The smallest absolute Gasteiger partial charge is 0.248 e. The van der Waals surface area contributed by atoms with E-state index in [1.165, 1.54) is 0 Å². The summed E-state index contributed by atoms with van der Waals surface area (Å²) in [6, 6.07) is 7.35. The number of carbonyl (C=O) groups excluding carboxylic acids is 1. The monoisotopic (exact) mass is 236 g/mol. The van der Waals surface area contributed by atoms with E-state index in [2.05, 4.69) is 5.32 Å². The van der Waals surface area contributed by atoms with E-state index in [4.69, 9.17) is 10.5 Å². The summed E-state index contributed by atoms with van der Waals surface area (Å²) in [6.07, 6.45) is 2.18. The summed E-state index contributed by atoms with van der Waals surface area (Å²) in [6.45, 7) is 2.60. The highest BCUT2D eigenvalue weighted by Crippen LogP contribution is 2.03. The highest BCUT2D eigenvalue weighted by Gasteiger charge is 1.99. The molecule has 0 unspecified atom stereocenters. The van der Waals surface area contributed by atoms with Gasteiger partial charge in [0.05, 0.1) is 0 Å². The SMILES string of the molecule is COCCCCNCc1ccc(C(N)=O)cc1. The number of ether oxygens (including phenoxy) is 1. The van der Waals surface area contributed by atoms with Crippen molar-refractivity contribution in [3.8, 4) is 0 Å². The fraction of sp³-hybridized carbons (Fsp3) is 0.462. The van der Waals surface area contributed by atoms with Crippen molar-refractivity contribution >= 4 is 5.91 Å². The van der Waals surface area contributed by atoms with Crippen LogP contribution in [0.15, 0.2) is 24.3 Å². The Morgan fingerprint density at radius 2 is 2.00 bits per heavy atom. The third-order valence-corrected chi connectivity index (χ3v) is 2.52. The Balaban J connectivity index is 2.21. The summed E-state index contributed by atoms with van der Waals surface area (Å²) in [4.78, 5) is 10.9. The van der Waals surface area contributed by atoms with E-state index < -0.39 is 0 Å². The minimum Gasteiger partial charge on any atom is -0.385 e. The zero-order chi connectivity index (χ0) is 12.5. The average Bonchev–Trinajstić information content (AvgIpc) is 2.34. The van der Waals surface area contributed by atoms with Crippen molar-refractivity contribution in [1.29, 1.82) is 0 Å². The van der Waals surface area contributed by atoms with Crippen LogP contribution in [-0.2, 0) is 11.3 Å². The van der Waals surface area contributed by atoms with Crippen LogP contribution in [0.3, 0.4) is 0 Å². The number of hydrogen-bond donors (Lipinski definition) is 2. The maximum Gasteiger partial charge on any atom is 0.248 e. The van der Waals surface area contributed by atoms with Crippen molar-refractivity contribution in [2.24, 2.45) is 5.73 Å².